The molecule has 5 nitrogen and oxygen atoms in total. The summed E-state index contributed by atoms with van der Waals surface area (Å²) in [6.45, 7) is 1.68. The van der Waals surface area contributed by atoms with Crippen LogP contribution < -0.4 is 0 Å². The number of carbonyl (C=O) groups excluding carboxylic acids is 1. The Morgan fingerprint density at radius 3 is 2.50 bits per heavy atom. The average molecular weight is 295 g/mol. The molecule has 0 aromatic heterocycles. The number of sulfonamides is 1. The zero-order valence-corrected chi connectivity index (χ0v) is 11.9. The molecule has 2 aliphatic rings. The molecule has 108 valence electrons. The number of Topliss-reactive ketones (excluding diaryl/α,β-unsaturated/α-hetero) is 1. The van der Waals surface area contributed by atoms with Gasteiger partial charge in [0.05, 0.1) is 18.1 Å². The Bertz CT molecular complexity index is 612. The third kappa shape index (κ3) is 2.51. The number of hydrogen-bond donors (Lipinski definition) is 0. The fraction of sp³-hybridized carbons (Fsp3) is 0.500. The first-order valence-corrected chi connectivity index (χ1v) is 8.21. The zero-order chi connectivity index (χ0) is 14.2. The van der Waals surface area contributed by atoms with Crippen molar-refractivity contribution in [2.24, 2.45) is 0 Å². The molecule has 1 aromatic carbocycles. The molecule has 0 spiro atoms. The minimum absolute atomic E-state index is 0.183. The number of ether oxygens (including phenoxy) is 1. The van der Waals surface area contributed by atoms with Crippen molar-refractivity contribution in [2.75, 3.05) is 26.3 Å². The Kier molecular flexibility index (Phi) is 3.62. The van der Waals surface area contributed by atoms with Crippen LogP contribution in [0.5, 0.6) is 0 Å². The number of benzene rings is 1. The SMILES string of the molecule is O=C1CC(c2cccc(S(=O)(=O)N3CCOCC3)c2)C1. The van der Waals surface area contributed by atoms with E-state index in [1.54, 1.807) is 18.2 Å². The van der Waals surface area contributed by atoms with Crippen molar-refractivity contribution in [3.63, 3.8) is 0 Å². The van der Waals surface area contributed by atoms with Gasteiger partial charge in [0, 0.05) is 25.9 Å². The summed E-state index contributed by atoms with van der Waals surface area (Å²) in [7, 11) is -3.45. The average Bonchev–Trinajstić information content (AvgIpc) is 2.45. The molecule has 20 heavy (non-hydrogen) atoms. The molecule has 1 aliphatic heterocycles. The predicted molar refractivity (Wildman–Crippen MR) is 73.0 cm³/mol. The van der Waals surface area contributed by atoms with Crippen LogP contribution in [0.15, 0.2) is 29.2 Å². The molecular weight excluding hydrogens is 278 g/mol. The minimum atomic E-state index is -3.45. The lowest BCUT2D eigenvalue weighted by molar-refractivity contribution is -0.124. The van der Waals surface area contributed by atoms with E-state index in [-0.39, 0.29) is 11.7 Å². The summed E-state index contributed by atoms with van der Waals surface area (Å²) >= 11 is 0. The highest BCUT2D eigenvalue weighted by molar-refractivity contribution is 7.89. The summed E-state index contributed by atoms with van der Waals surface area (Å²) in [5.41, 5.74) is 0.943. The molecule has 6 heteroatoms. The Hall–Kier alpha value is -1.24. The summed E-state index contributed by atoms with van der Waals surface area (Å²) in [6.07, 6.45) is 1.06. The smallest absolute Gasteiger partial charge is 0.243 e. The van der Waals surface area contributed by atoms with E-state index in [4.69, 9.17) is 4.74 Å². The first-order chi connectivity index (χ1) is 9.57. The summed E-state index contributed by atoms with van der Waals surface area (Å²) in [5.74, 6) is 0.429. The standard InChI is InChI=1S/C14H17NO4S/c16-13-8-12(9-13)11-2-1-3-14(10-11)20(17,18)15-4-6-19-7-5-15/h1-3,10,12H,4-9H2. The van der Waals surface area contributed by atoms with Gasteiger partial charge in [-0.1, -0.05) is 12.1 Å². The quantitative estimate of drug-likeness (QED) is 0.839. The van der Waals surface area contributed by atoms with E-state index in [9.17, 15) is 13.2 Å². The second-order valence-electron chi connectivity index (χ2n) is 5.23. The molecule has 1 heterocycles. The van der Waals surface area contributed by atoms with Crippen LogP contribution in [0.25, 0.3) is 0 Å². The molecule has 0 bridgehead atoms. The fourth-order valence-corrected chi connectivity index (χ4v) is 4.05. The van der Waals surface area contributed by atoms with E-state index in [0.29, 0.717) is 44.0 Å². The monoisotopic (exact) mass is 295 g/mol. The van der Waals surface area contributed by atoms with Crippen molar-refractivity contribution in [1.29, 1.82) is 0 Å². The lowest BCUT2D eigenvalue weighted by atomic mass is 9.79. The highest BCUT2D eigenvalue weighted by Crippen LogP contribution is 2.34. The second-order valence-corrected chi connectivity index (χ2v) is 7.17. The maximum atomic E-state index is 12.5. The van der Waals surface area contributed by atoms with E-state index >= 15 is 0 Å². The minimum Gasteiger partial charge on any atom is -0.379 e. The summed E-state index contributed by atoms with van der Waals surface area (Å²) < 4.78 is 31.7. The van der Waals surface area contributed by atoms with Crippen molar-refractivity contribution < 1.29 is 17.9 Å². The number of hydrogen-bond acceptors (Lipinski definition) is 4. The van der Waals surface area contributed by atoms with Crippen LogP contribution in [-0.2, 0) is 19.6 Å². The number of nitrogens with zero attached hydrogens (tertiary/aromatic N) is 1. The van der Waals surface area contributed by atoms with E-state index in [0.717, 1.165) is 5.56 Å². The summed E-state index contributed by atoms with van der Waals surface area (Å²) in [5, 5.41) is 0. The predicted octanol–water partition coefficient (Wildman–Crippen LogP) is 1.15. The molecule has 1 saturated heterocycles. The van der Waals surface area contributed by atoms with Gasteiger partial charge in [0.1, 0.15) is 5.78 Å². The van der Waals surface area contributed by atoms with Crippen LogP contribution >= 0.6 is 0 Å². The van der Waals surface area contributed by atoms with Gasteiger partial charge in [0.15, 0.2) is 0 Å². The maximum absolute atomic E-state index is 12.5. The Balaban J connectivity index is 1.85. The van der Waals surface area contributed by atoms with Crippen LogP contribution in [0.3, 0.4) is 0 Å². The molecule has 0 N–H and O–H groups in total. The number of morpholine rings is 1. The van der Waals surface area contributed by atoms with Gasteiger partial charge in [-0.15, -0.1) is 0 Å². The van der Waals surface area contributed by atoms with E-state index in [2.05, 4.69) is 0 Å². The lowest BCUT2D eigenvalue weighted by Gasteiger charge is -2.27. The van der Waals surface area contributed by atoms with Gasteiger partial charge in [0.25, 0.3) is 0 Å². The largest absolute Gasteiger partial charge is 0.379 e. The van der Waals surface area contributed by atoms with Crippen molar-refractivity contribution in [3.8, 4) is 0 Å². The second kappa shape index (κ2) is 5.27. The first-order valence-electron chi connectivity index (χ1n) is 6.77. The van der Waals surface area contributed by atoms with Crippen LogP contribution in [0.1, 0.15) is 24.3 Å². The Labute approximate surface area is 118 Å². The molecule has 2 fully saturated rings. The summed E-state index contributed by atoms with van der Waals surface area (Å²) in [6, 6.07) is 6.98. The van der Waals surface area contributed by atoms with E-state index in [1.807, 2.05) is 6.07 Å². The fourth-order valence-electron chi connectivity index (χ4n) is 2.59. The van der Waals surface area contributed by atoms with Gasteiger partial charge in [-0.25, -0.2) is 8.42 Å². The molecule has 1 aromatic rings. The van der Waals surface area contributed by atoms with Crippen LogP contribution in [-0.4, -0.2) is 44.8 Å². The molecular formula is C14H17NO4S. The molecule has 1 saturated carbocycles. The van der Waals surface area contributed by atoms with E-state index < -0.39 is 10.0 Å². The number of ketones is 1. The normalized spacial score (nSPS) is 21.7. The van der Waals surface area contributed by atoms with Crippen molar-refractivity contribution in [3.05, 3.63) is 29.8 Å². The topological polar surface area (TPSA) is 63.7 Å². The van der Waals surface area contributed by atoms with E-state index in [1.165, 1.54) is 4.31 Å². The molecule has 0 radical (unpaired) electrons. The van der Waals surface area contributed by atoms with Gasteiger partial charge in [-0.3, -0.25) is 4.79 Å². The Morgan fingerprint density at radius 2 is 1.85 bits per heavy atom. The third-order valence-electron chi connectivity index (χ3n) is 3.89. The third-order valence-corrected chi connectivity index (χ3v) is 5.78. The summed E-state index contributed by atoms with van der Waals surface area (Å²) in [4.78, 5) is 11.4. The van der Waals surface area contributed by atoms with Crippen molar-refractivity contribution in [1.82, 2.24) is 4.31 Å². The van der Waals surface area contributed by atoms with Crippen LogP contribution in [0.4, 0.5) is 0 Å². The highest BCUT2D eigenvalue weighted by atomic mass is 32.2. The van der Waals surface area contributed by atoms with Gasteiger partial charge in [0.2, 0.25) is 10.0 Å². The van der Waals surface area contributed by atoms with Crippen LogP contribution in [0.2, 0.25) is 0 Å². The van der Waals surface area contributed by atoms with Crippen molar-refractivity contribution >= 4 is 15.8 Å². The van der Waals surface area contributed by atoms with Crippen molar-refractivity contribution in [2.45, 2.75) is 23.7 Å². The molecule has 0 amide bonds. The lowest BCUT2D eigenvalue weighted by Crippen LogP contribution is -2.40. The molecule has 0 unspecified atom stereocenters. The first kappa shape index (κ1) is 13.7. The van der Waals surface area contributed by atoms with Gasteiger partial charge < -0.3 is 4.74 Å². The Morgan fingerprint density at radius 1 is 1.15 bits per heavy atom. The number of rotatable bonds is 3. The molecule has 1 aliphatic carbocycles. The molecule has 0 atom stereocenters. The van der Waals surface area contributed by atoms with Gasteiger partial charge >= 0.3 is 0 Å². The molecule has 3 rings (SSSR count). The zero-order valence-electron chi connectivity index (χ0n) is 11.1. The van der Waals surface area contributed by atoms with Crippen LogP contribution in [0, 0.1) is 0 Å². The maximum Gasteiger partial charge on any atom is 0.243 e. The van der Waals surface area contributed by atoms with Gasteiger partial charge in [-0.05, 0) is 23.6 Å². The van der Waals surface area contributed by atoms with Gasteiger partial charge in [-0.2, -0.15) is 4.31 Å². The number of carbonyl (C=O) groups is 1. The highest BCUT2D eigenvalue weighted by Gasteiger charge is 2.30.